The van der Waals surface area contributed by atoms with Crippen LogP contribution in [0.3, 0.4) is 0 Å². The Bertz CT molecular complexity index is 113. The standard InChI is InChI=1S/C7H13NO2/c1-3-9-5-7(1)6-10-4-2-8-7/h8H,1-6H2/t7-/m1/s1. The molecule has 2 saturated heterocycles. The highest BCUT2D eigenvalue weighted by Crippen LogP contribution is 2.20. The molecule has 0 aromatic heterocycles. The van der Waals surface area contributed by atoms with Crippen molar-refractivity contribution in [2.75, 3.05) is 33.0 Å². The van der Waals surface area contributed by atoms with Crippen LogP contribution >= 0.6 is 0 Å². The molecule has 2 rings (SSSR count). The Morgan fingerprint density at radius 1 is 1.10 bits per heavy atom. The van der Waals surface area contributed by atoms with E-state index in [4.69, 9.17) is 9.47 Å². The van der Waals surface area contributed by atoms with Gasteiger partial charge >= 0.3 is 0 Å². The van der Waals surface area contributed by atoms with Crippen LogP contribution in [-0.2, 0) is 9.47 Å². The topological polar surface area (TPSA) is 30.5 Å². The van der Waals surface area contributed by atoms with Crippen molar-refractivity contribution < 1.29 is 9.47 Å². The lowest BCUT2D eigenvalue weighted by molar-refractivity contribution is 0.0213. The number of ether oxygens (including phenoxy) is 2. The van der Waals surface area contributed by atoms with Gasteiger partial charge in [-0.3, -0.25) is 0 Å². The maximum Gasteiger partial charge on any atom is 0.0676 e. The van der Waals surface area contributed by atoms with Crippen LogP contribution in [0, 0.1) is 0 Å². The second kappa shape index (κ2) is 2.49. The first-order valence-electron chi connectivity index (χ1n) is 3.82. The van der Waals surface area contributed by atoms with Crippen molar-refractivity contribution in [2.24, 2.45) is 0 Å². The van der Waals surface area contributed by atoms with Crippen molar-refractivity contribution >= 4 is 0 Å². The van der Waals surface area contributed by atoms with Crippen molar-refractivity contribution in [3.8, 4) is 0 Å². The lowest BCUT2D eigenvalue weighted by atomic mass is 9.99. The highest BCUT2D eigenvalue weighted by Gasteiger charge is 2.36. The molecular weight excluding hydrogens is 130 g/mol. The molecule has 2 aliphatic heterocycles. The first kappa shape index (κ1) is 6.58. The quantitative estimate of drug-likeness (QED) is 0.508. The van der Waals surface area contributed by atoms with Crippen LogP contribution in [0.4, 0.5) is 0 Å². The summed E-state index contributed by atoms with van der Waals surface area (Å²) in [5.74, 6) is 0. The molecule has 3 heteroatoms. The molecule has 1 N–H and O–H groups in total. The molecule has 0 unspecified atom stereocenters. The third-order valence-electron chi connectivity index (χ3n) is 2.23. The highest BCUT2D eigenvalue weighted by atomic mass is 16.5. The average Bonchev–Trinajstić information content (AvgIpc) is 2.39. The van der Waals surface area contributed by atoms with Crippen molar-refractivity contribution in [3.63, 3.8) is 0 Å². The van der Waals surface area contributed by atoms with E-state index >= 15 is 0 Å². The molecule has 0 aromatic rings. The van der Waals surface area contributed by atoms with Crippen LogP contribution in [0.1, 0.15) is 6.42 Å². The van der Waals surface area contributed by atoms with Crippen molar-refractivity contribution in [1.29, 1.82) is 0 Å². The van der Waals surface area contributed by atoms with Crippen LogP contribution < -0.4 is 5.32 Å². The molecule has 2 aliphatic rings. The first-order valence-corrected chi connectivity index (χ1v) is 3.82. The van der Waals surface area contributed by atoms with Gasteiger partial charge in [-0.2, -0.15) is 0 Å². The van der Waals surface area contributed by atoms with E-state index in [2.05, 4.69) is 5.32 Å². The molecule has 2 heterocycles. The maximum absolute atomic E-state index is 5.36. The van der Waals surface area contributed by atoms with E-state index in [9.17, 15) is 0 Å². The summed E-state index contributed by atoms with van der Waals surface area (Å²) in [6.07, 6.45) is 1.10. The molecule has 2 fully saturated rings. The molecule has 1 atom stereocenters. The fourth-order valence-corrected chi connectivity index (χ4v) is 1.57. The van der Waals surface area contributed by atoms with Gasteiger partial charge in [-0.05, 0) is 6.42 Å². The highest BCUT2D eigenvalue weighted by molar-refractivity contribution is 4.93. The van der Waals surface area contributed by atoms with Gasteiger partial charge in [-0.15, -0.1) is 0 Å². The third-order valence-corrected chi connectivity index (χ3v) is 2.23. The van der Waals surface area contributed by atoms with Gasteiger partial charge in [0.2, 0.25) is 0 Å². The molecule has 1 spiro atoms. The molecular formula is C7H13NO2. The van der Waals surface area contributed by atoms with E-state index in [0.29, 0.717) is 0 Å². The van der Waals surface area contributed by atoms with E-state index in [1.54, 1.807) is 0 Å². The van der Waals surface area contributed by atoms with Crippen LogP contribution in [0.15, 0.2) is 0 Å². The summed E-state index contributed by atoms with van der Waals surface area (Å²) >= 11 is 0. The van der Waals surface area contributed by atoms with Gasteiger partial charge in [-0.1, -0.05) is 0 Å². The number of rotatable bonds is 0. The molecule has 58 valence electrons. The van der Waals surface area contributed by atoms with Crippen LogP contribution in [0.25, 0.3) is 0 Å². The SMILES string of the molecule is C1COC[C@]2(CCOC2)N1. The lowest BCUT2D eigenvalue weighted by Gasteiger charge is -2.32. The van der Waals surface area contributed by atoms with Gasteiger partial charge in [0.25, 0.3) is 0 Å². The Hall–Kier alpha value is -0.120. The smallest absolute Gasteiger partial charge is 0.0676 e. The summed E-state index contributed by atoms with van der Waals surface area (Å²) in [4.78, 5) is 0. The van der Waals surface area contributed by atoms with Gasteiger partial charge in [0.1, 0.15) is 0 Å². The third kappa shape index (κ3) is 1.05. The predicted molar refractivity (Wildman–Crippen MR) is 37.0 cm³/mol. The Morgan fingerprint density at radius 2 is 1.90 bits per heavy atom. The second-order valence-corrected chi connectivity index (χ2v) is 3.06. The number of hydrogen-bond donors (Lipinski definition) is 1. The van der Waals surface area contributed by atoms with E-state index in [0.717, 1.165) is 39.4 Å². The first-order chi connectivity index (χ1) is 4.91. The molecule has 3 nitrogen and oxygen atoms in total. The van der Waals surface area contributed by atoms with Crippen molar-refractivity contribution in [1.82, 2.24) is 5.32 Å². The van der Waals surface area contributed by atoms with Gasteiger partial charge in [0, 0.05) is 13.2 Å². The number of nitrogens with one attached hydrogen (secondary N) is 1. The summed E-state index contributed by atoms with van der Waals surface area (Å²) in [5, 5.41) is 3.44. The van der Waals surface area contributed by atoms with Crippen LogP contribution in [0.5, 0.6) is 0 Å². The van der Waals surface area contributed by atoms with Gasteiger partial charge in [0.15, 0.2) is 0 Å². The molecule has 10 heavy (non-hydrogen) atoms. The van der Waals surface area contributed by atoms with Crippen molar-refractivity contribution in [2.45, 2.75) is 12.0 Å². The summed E-state index contributed by atoms with van der Waals surface area (Å²) in [7, 11) is 0. The minimum atomic E-state index is 0.179. The molecule has 0 aromatic carbocycles. The van der Waals surface area contributed by atoms with Gasteiger partial charge < -0.3 is 14.8 Å². The Balaban J connectivity index is 1.98. The molecule has 0 bridgehead atoms. The summed E-state index contributed by atoms with van der Waals surface area (Å²) in [6, 6.07) is 0. The van der Waals surface area contributed by atoms with Gasteiger partial charge in [0.05, 0.1) is 25.4 Å². The Morgan fingerprint density at radius 3 is 2.50 bits per heavy atom. The zero-order valence-corrected chi connectivity index (χ0v) is 6.06. The lowest BCUT2D eigenvalue weighted by Crippen LogP contribution is -2.54. The predicted octanol–water partition coefficient (Wildman–Crippen LogP) is -0.235. The molecule has 0 saturated carbocycles. The Kier molecular flexibility index (Phi) is 1.64. The zero-order valence-electron chi connectivity index (χ0n) is 6.06. The van der Waals surface area contributed by atoms with Crippen LogP contribution in [-0.4, -0.2) is 38.5 Å². The molecule has 0 amide bonds. The second-order valence-electron chi connectivity index (χ2n) is 3.06. The number of morpholine rings is 1. The van der Waals surface area contributed by atoms with Crippen molar-refractivity contribution in [3.05, 3.63) is 0 Å². The van der Waals surface area contributed by atoms with E-state index < -0.39 is 0 Å². The number of hydrogen-bond acceptors (Lipinski definition) is 3. The average molecular weight is 143 g/mol. The Labute approximate surface area is 60.7 Å². The minimum Gasteiger partial charge on any atom is -0.379 e. The van der Waals surface area contributed by atoms with Gasteiger partial charge in [-0.25, -0.2) is 0 Å². The summed E-state index contributed by atoms with van der Waals surface area (Å²) < 4.78 is 10.7. The maximum atomic E-state index is 5.36. The van der Waals surface area contributed by atoms with Crippen LogP contribution in [0.2, 0.25) is 0 Å². The summed E-state index contributed by atoms with van der Waals surface area (Å²) in [6.45, 7) is 4.36. The minimum absolute atomic E-state index is 0.179. The fourth-order valence-electron chi connectivity index (χ4n) is 1.57. The van der Waals surface area contributed by atoms with E-state index in [-0.39, 0.29) is 5.54 Å². The zero-order chi connectivity index (χ0) is 6.86. The molecule has 0 radical (unpaired) electrons. The van der Waals surface area contributed by atoms with E-state index in [1.807, 2.05) is 0 Å². The monoisotopic (exact) mass is 143 g/mol. The largest absolute Gasteiger partial charge is 0.379 e. The normalized spacial score (nSPS) is 40.8. The van der Waals surface area contributed by atoms with E-state index in [1.165, 1.54) is 0 Å². The molecule has 0 aliphatic carbocycles. The summed E-state index contributed by atoms with van der Waals surface area (Å²) in [5.41, 5.74) is 0.179. The fraction of sp³-hybridized carbons (Fsp3) is 1.00.